The largest absolute Gasteiger partial charge is 0.383 e. The molecule has 4 rings (SSSR count). The summed E-state index contributed by atoms with van der Waals surface area (Å²) in [6.45, 7) is 1.22. The lowest BCUT2D eigenvalue weighted by Gasteiger charge is -2.31. The summed E-state index contributed by atoms with van der Waals surface area (Å²) < 4.78 is 36.2. The van der Waals surface area contributed by atoms with Crippen molar-refractivity contribution >= 4 is 72.0 Å². The van der Waals surface area contributed by atoms with Crippen LogP contribution in [-0.4, -0.2) is 49.5 Å². The van der Waals surface area contributed by atoms with Crippen LogP contribution in [0.15, 0.2) is 39.5 Å². The number of thiophene rings is 1. The van der Waals surface area contributed by atoms with E-state index in [1.165, 1.54) is 21.7 Å². The van der Waals surface area contributed by atoms with E-state index in [4.69, 9.17) is 27.9 Å². The summed E-state index contributed by atoms with van der Waals surface area (Å²) in [5, 5.41) is 0.592. The van der Waals surface area contributed by atoms with Crippen molar-refractivity contribution in [1.29, 1.82) is 0 Å². The highest BCUT2D eigenvalue weighted by Crippen LogP contribution is 2.32. The molecule has 7 nitrogen and oxygen atoms in total. The van der Waals surface area contributed by atoms with Gasteiger partial charge in [0.05, 0.1) is 21.2 Å². The molecule has 3 heterocycles. The van der Waals surface area contributed by atoms with Crippen molar-refractivity contribution in [3.63, 3.8) is 0 Å². The molecule has 12 heteroatoms. The minimum Gasteiger partial charge on any atom is -0.383 e. The summed E-state index contributed by atoms with van der Waals surface area (Å²) in [5.74, 6) is -0.472. The van der Waals surface area contributed by atoms with Gasteiger partial charge in [0, 0.05) is 25.2 Å². The molecule has 1 fully saturated rings. The van der Waals surface area contributed by atoms with Gasteiger partial charge in [0.15, 0.2) is 4.80 Å². The first kappa shape index (κ1) is 23.9. The van der Waals surface area contributed by atoms with Gasteiger partial charge < -0.3 is 9.30 Å². The molecule has 0 aliphatic carbocycles. The molecule has 1 amide bonds. The Kier molecular flexibility index (Phi) is 7.40. The van der Waals surface area contributed by atoms with E-state index in [-0.39, 0.29) is 10.8 Å². The van der Waals surface area contributed by atoms with Crippen LogP contribution in [0.2, 0.25) is 9.36 Å². The van der Waals surface area contributed by atoms with Crippen LogP contribution in [0.25, 0.3) is 10.2 Å². The number of sulfonamides is 1. The van der Waals surface area contributed by atoms with Crippen molar-refractivity contribution in [2.45, 2.75) is 36.1 Å². The molecule has 0 bridgehead atoms. The Morgan fingerprint density at radius 2 is 2.03 bits per heavy atom. The predicted octanol–water partition coefficient (Wildman–Crippen LogP) is 4.39. The van der Waals surface area contributed by atoms with Gasteiger partial charge in [-0.1, -0.05) is 41.0 Å². The first-order valence-electron chi connectivity index (χ1n) is 9.95. The molecule has 1 saturated heterocycles. The van der Waals surface area contributed by atoms with Crippen LogP contribution in [0.3, 0.4) is 0 Å². The highest BCUT2D eigenvalue weighted by atomic mass is 35.5. The number of rotatable bonds is 6. The van der Waals surface area contributed by atoms with Crippen LogP contribution in [0.5, 0.6) is 0 Å². The van der Waals surface area contributed by atoms with Gasteiger partial charge in [0.1, 0.15) is 10.3 Å². The molecule has 0 saturated carbocycles. The summed E-state index contributed by atoms with van der Waals surface area (Å²) in [6, 6.07) is 7.67. The highest BCUT2D eigenvalue weighted by molar-refractivity contribution is 7.91. The van der Waals surface area contributed by atoms with Crippen molar-refractivity contribution in [2.24, 2.45) is 4.99 Å². The smallest absolute Gasteiger partial charge is 0.266 e. The average molecular weight is 535 g/mol. The Hall–Kier alpha value is -1.27. The van der Waals surface area contributed by atoms with E-state index in [0.717, 1.165) is 28.0 Å². The number of amides is 1. The lowest BCUT2D eigenvalue weighted by Crippen LogP contribution is -2.47. The summed E-state index contributed by atoms with van der Waals surface area (Å²) >= 11 is 14.4. The number of carbonyl (C=O) groups is 1. The number of ether oxygens (including phenoxy) is 1. The van der Waals surface area contributed by atoms with Gasteiger partial charge in [-0.3, -0.25) is 4.79 Å². The number of carbonyl (C=O) groups excluding carboxylic acids is 1. The Bertz CT molecular complexity index is 1310. The lowest BCUT2D eigenvalue weighted by atomic mass is 10.0. The quantitative estimate of drug-likeness (QED) is 0.470. The third-order valence-corrected chi connectivity index (χ3v) is 10.1. The van der Waals surface area contributed by atoms with Crippen molar-refractivity contribution in [1.82, 2.24) is 8.87 Å². The van der Waals surface area contributed by atoms with Gasteiger partial charge in [-0.05, 0) is 43.2 Å². The second kappa shape index (κ2) is 9.92. The minimum atomic E-state index is -3.84. The van der Waals surface area contributed by atoms with Crippen LogP contribution >= 0.6 is 45.9 Å². The predicted molar refractivity (Wildman–Crippen MR) is 128 cm³/mol. The SMILES string of the molecule is COCCn1c(=NC(=O)C2CCCCN2S(=O)(=O)c2ccc(Cl)s2)sc2cc(Cl)ccc21. The molecular formula is C20H21Cl2N3O4S3. The van der Waals surface area contributed by atoms with Gasteiger partial charge in [-0.15, -0.1) is 11.3 Å². The van der Waals surface area contributed by atoms with Crippen LogP contribution in [0, 0.1) is 0 Å². The molecule has 2 aromatic heterocycles. The topological polar surface area (TPSA) is 81.0 Å². The monoisotopic (exact) mass is 533 g/mol. The second-order valence-corrected chi connectivity index (χ2v) is 12.6. The third-order valence-electron chi connectivity index (χ3n) is 5.22. The zero-order chi connectivity index (χ0) is 22.9. The fourth-order valence-corrected chi connectivity index (χ4v) is 8.29. The summed E-state index contributed by atoms with van der Waals surface area (Å²) in [4.78, 5) is 18.1. The third kappa shape index (κ3) is 4.82. The van der Waals surface area contributed by atoms with Gasteiger partial charge in [0.25, 0.3) is 15.9 Å². The average Bonchev–Trinajstić information content (AvgIpc) is 3.35. The number of piperidine rings is 1. The first-order valence-corrected chi connectivity index (χ1v) is 13.8. The van der Waals surface area contributed by atoms with Gasteiger partial charge >= 0.3 is 0 Å². The molecule has 0 radical (unpaired) electrons. The minimum absolute atomic E-state index is 0.133. The molecule has 0 N–H and O–H groups in total. The number of benzene rings is 1. The molecule has 32 heavy (non-hydrogen) atoms. The fraction of sp³-hybridized carbons (Fsp3) is 0.400. The van der Waals surface area contributed by atoms with Crippen LogP contribution in [0.4, 0.5) is 0 Å². The van der Waals surface area contributed by atoms with Crippen LogP contribution in [-0.2, 0) is 26.1 Å². The molecule has 1 aliphatic rings. The number of thiazole rings is 1. The van der Waals surface area contributed by atoms with E-state index < -0.39 is 22.0 Å². The van der Waals surface area contributed by atoms with Crippen LogP contribution in [0.1, 0.15) is 19.3 Å². The molecule has 3 aromatic rings. The Balaban J connectivity index is 1.73. The molecule has 0 spiro atoms. The van der Waals surface area contributed by atoms with Crippen LogP contribution < -0.4 is 4.80 Å². The first-order chi connectivity index (χ1) is 15.3. The summed E-state index contributed by atoms with van der Waals surface area (Å²) in [6.07, 6.45) is 1.88. The molecule has 1 unspecified atom stereocenters. The van der Waals surface area contributed by atoms with E-state index in [1.54, 1.807) is 19.2 Å². The van der Waals surface area contributed by atoms with Crippen molar-refractivity contribution in [2.75, 3.05) is 20.3 Å². The molecule has 172 valence electrons. The van der Waals surface area contributed by atoms with Gasteiger partial charge in [0.2, 0.25) is 0 Å². The van der Waals surface area contributed by atoms with E-state index in [0.29, 0.717) is 40.2 Å². The van der Waals surface area contributed by atoms with E-state index in [1.807, 2.05) is 16.7 Å². The number of hydrogen-bond acceptors (Lipinski definition) is 6. The molecule has 1 aromatic carbocycles. The number of hydrogen-bond donors (Lipinski definition) is 0. The molecule has 1 aliphatic heterocycles. The number of aromatic nitrogens is 1. The standard InChI is InChI=1S/C20H21Cl2N3O4S3/c1-29-11-10-24-14-6-5-13(21)12-16(14)30-20(24)23-19(26)15-4-2-3-9-25(15)32(27,28)18-8-7-17(22)31-18/h5-8,12,15H,2-4,9-11H2,1H3. The van der Waals surface area contributed by atoms with Crippen molar-refractivity contribution < 1.29 is 17.9 Å². The summed E-state index contributed by atoms with van der Waals surface area (Å²) in [7, 11) is -2.23. The Morgan fingerprint density at radius 3 is 2.75 bits per heavy atom. The maximum absolute atomic E-state index is 13.3. The number of nitrogens with zero attached hydrogens (tertiary/aromatic N) is 3. The number of methoxy groups -OCH3 is 1. The molecule has 1 atom stereocenters. The van der Waals surface area contributed by atoms with E-state index >= 15 is 0 Å². The second-order valence-electron chi connectivity index (χ2n) is 7.28. The maximum atomic E-state index is 13.3. The molecular weight excluding hydrogens is 513 g/mol. The Labute approximate surface area is 203 Å². The van der Waals surface area contributed by atoms with E-state index in [2.05, 4.69) is 4.99 Å². The van der Waals surface area contributed by atoms with Gasteiger partial charge in [-0.2, -0.15) is 9.30 Å². The van der Waals surface area contributed by atoms with Crippen molar-refractivity contribution in [3.05, 3.63) is 44.5 Å². The maximum Gasteiger partial charge on any atom is 0.266 e. The highest BCUT2D eigenvalue weighted by Gasteiger charge is 2.38. The fourth-order valence-electron chi connectivity index (χ4n) is 3.69. The van der Waals surface area contributed by atoms with Crippen molar-refractivity contribution in [3.8, 4) is 0 Å². The number of fused-ring (bicyclic) bond motifs is 1. The lowest BCUT2D eigenvalue weighted by molar-refractivity contribution is -0.122. The zero-order valence-corrected chi connectivity index (χ0v) is 21.1. The zero-order valence-electron chi connectivity index (χ0n) is 17.2. The van der Waals surface area contributed by atoms with Gasteiger partial charge in [-0.25, -0.2) is 8.42 Å². The van der Waals surface area contributed by atoms with E-state index in [9.17, 15) is 13.2 Å². The summed E-state index contributed by atoms with van der Waals surface area (Å²) in [5.41, 5.74) is 0.893. The number of halogens is 2. The Morgan fingerprint density at radius 1 is 1.22 bits per heavy atom. The normalized spacial score (nSPS) is 18.5.